The molecule has 4 rings (SSSR count). The highest BCUT2D eigenvalue weighted by Crippen LogP contribution is 2.32. The van der Waals surface area contributed by atoms with Gasteiger partial charge in [0.2, 0.25) is 10.0 Å². The fourth-order valence-corrected chi connectivity index (χ4v) is 7.55. The number of hydrogen-bond donors (Lipinski definition) is 1. The van der Waals surface area contributed by atoms with Gasteiger partial charge in [0.05, 0.1) is 19.5 Å². The van der Waals surface area contributed by atoms with Crippen LogP contribution in [0.15, 0.2) is 48.5 Å². The molecule has 2 fully saturated rings. The first-order valence-electron chi connectivity index (χ1n) is 15.1. The lowest BCUT2D eigenvalue weighted by Crippen LogP contribution is -2.54. The number of sulfonamides is 1. The van der Waals surface area contributed by atoms with Crippen molar-refractivity contribution in [3.63, 3.8) is 0 Å². The van der Waals surface area contributed by atoms with E-state index in [2.05, 4.69) is 5.32 Å². The molecule has 232 valence electrons. The van der Waals surface area contributed by atoms with E-state index in [-0.39, 0.29) is 35.8 Å². The number of carbonyl (C=O) groups excluding carboxylic acids is 1. The summed E-state index contributed by atoms with van der Waals surface area (Å²) in [7, 11) is -0.136. The Hall–Kier alpha value is -2.66. The van der Waals surface area contributed by atoms with Crippen LogP contribution in [0.1, 0.15) is 68.3 Å². The molecular weight excluding hydrogens is 554 g/mol. The Morgan fingerprint density at radius 3 is 2.33 bits per heavy atom. The molecule has 0 unspecified atom stereocenters. The van der Waals surface area contributed by atoms with E-state index >= 15 is 0 Å². The average molecular weight is 602 g/mol. The zero-order chi connectivity index (χ0) is 30.1. The predicted molar refractivity (Wildman–Crippen MR) is 165 cm³/mol. The van der Waals surface area contributed by atoms with Gasteiger partial charge in [-0.3, -0.25) is 4.79 Å². The zero-order valence-corrected chi connectivity index (χ0v) is 26.3. The van der Waals surface area contributed by atoms with Gasteiger partial charge in [0.1, 0.15) is 0 Å². The fourth-order valence-electron chi connectivity index (χ4n) is 5.73. The molecule has 1 saturated carbocycles. The number of rotatable bonds is 16. The number of hydrogen-bond acceptors (Lipinski definition) is 7. The Labute approximate surface area is 251 Å². The van der Waals surface area contributed by atoms with Crippen LogP contribution in [0, 0.1) is 0 Å². The molecule has 0 bridgehead atoms. The van der Waals surface area contributed by atoms with Gasteiger partial charge in [-0.15, -0.1) is 0 Å². The molecule has 1 aliphatic heterocycles. The van der Waals surface area contributed by atoms with Crippen molar-refractivity contribution in [2.45, 2.75) is 82.3 Å². The fraction of sp³-hybridized carbons (Fsp3) is 0.594. The highest BCUT2D eigenvalue weighted by atomic mass is 32.2. The number of ether oxygens (including phenoxy) is 3. The maximum Gasteiger partial charge on any atom is 0.254 e. The van der Waals surface area contributed by atoms with Crippen molar-refractivity contribution in [3.8, 4) is 11.5 Å². The largest absolute Gasteiger partial charge is 0.493 e. The van der Waals surface area contributed by atoms with Gasteiger partial charge >= 0.3 is 0 Å². The van der Waals surface area contributed by atoms with Crippen LogP contribution < -0.4 is 14.8 Å². The molecule has 42 heavy (non-hydrogen) atoms. The van der Waals surface area contributed by atoms with Gasteiger partial charge in [0.25, 0.3) is 5.91 Å². The molecule has 9 nitrogen and oxygen atoms in total. The number of amides is 1. The van der Waals surface area contributed by atoms with Crippen molar-refractivity contribution in [2.24, 2.45) is 0 Å². The highest BCUT2D eigenvalue weighted by Gasteiger charge is 2.38. The Morgan fingerprint density at radius 2 is 1.71 bits per heavy atom. The van der Waals surface area contributed by atoms with E-state index in [1.54, 1.807) is 36.7 Å². The van der Waals surface area contributed by atoms with Crippen LogP contribution in [0.25, 0.3) is 0 Å². The molecule has 0 spiro atoms. The summed E-state index contributed by atoms with van der Waals surface area (Å²) in [5, 5.41) is 3.62. The van der Waals surface area contributed by atoms with E-state index in [4.69, 9.17) is 14.2 Å². The molecule has 0 aromatic heterocycles. The minimum atomic E-state index is -3.38. The molecule has 2 aromatic carbocycles. The third-order valence-corrected chi connectivity index (χ3v) is 9.93. The lowest BCUT2D eigenvalue weighted by atomic mass is 9.95. The van der Waals surface area contributed by atoms with Crippen LogP contribution in [0.5, 0.6) is 11.5 Å². The van der Waals surface area contributed by atoms with Gasteiger partial charge in [0, 0.05) is 63.0 Å². The van der Waals surface area contributed by atoms with Gasteiger partial charge in [-0.2, -0.15) is 4.31 Å². The second kappa shape index (κ2) is 15.2. The van der Waals surface area contributed by atoms with Crippen molar-refractivity contribution in [1.29, 1.82) is 0 Å². The molecule has 2 aromatic rings. The molecule has 1 N–H and O–H groups in total. The molecule has 1 heterocycles. The minimum Gasteiger partial charge on any atom is -0.493 e. The van der Waals surface area contributed by atoms with E-state index in [9.17, 15) is 13.2 Å². The number of nitrogens with one attached hydrogen (secondary N) is 1. The topological polar surface area (TPSA) is 97.4 Å². The van der Waals surface area contributed by atoms with Crippen LogP contribution in [-0.2, 0) is 20.5 Å². The van der Waals surface area contributed by atoms with Crippen molar-refractivity contribution in [1.82, 2.24) is 14.5 Å². The van der Waals surface area contributed by atoms with Gasteiger partial charge < -0.3 is 24.4 Å². The van der Waals surface area contributed by atoms with Crippen LogP contribution in [0.2, 0.25) is 0 Å². The maximum atomic E-state index is 13.8. The Kier molecular flexibility index (Phi) is 11.7. The standard InChI is InChI=1S/C32H47N3O6S/c1-24(2)35(32(36)26-11-16-30(40-4)31(21-26)41-20-8-19-39-3)29-13-12-27(33-22-29)17-18-34(28-14-15-28)42(37,38)23-25-9-6-5-7-10-25/h5-7,9-11,16,21,24,27-29,33H,8,12-15,17-20,22-23H2,1-4H3/t27-,29-/m1/s1. The first-order valence-corrected chi connectivity index (χ1v) is 16.7. The van der Waals surface area contributed by atoms with Crippen molar-refractivity contribution in [2.75, 3.05) is 40.5 Å². The summed E-state index contributed by atoms with van der Waals surface area (Å²) in [6.07, 6.45) is 5.11. The number of piperidine rings is 1. The van der Waals surface area contributed by atoms with E-state index in [0.29, 0.717) is 43.4 Å². The van der Waals surface area contributed by atoms with Crippen LogP contribution in [0.4, 0.5) is 0 Å². The van der Waals surface area contributed by atoms with Gasteiger partial charge in [0.15, 0.2) is 11.5 Å². The van der Waals surface area contributed by atoms with E-state index in [0.717, 1.165) is 44.1 Å². The number of carbonyl (C=O) groups is 1. The number of nitrogens with zero attached hydrogens (tertiary/aromatic N) is 2. The number of benzene rings is 2. The van der Waals surface area contributed by atoms with Gasteiger partial charge in [-0.1, -0.05) is 30.3 Å². The second-order valence-electron chi connectivity index (χ2n) is 11.6. The summed E-state index contributed by atoms with van der Waals surface area (Å²) in [5.41, 5.74) is 1.39. The molecule has 2 atom stereocenters. The van der Waals surface area contributed by atoms with E-state index in [1.165, 1.54) is 0 Å². The third kappa shape index (κ3) is 8.69. The SMILES string of the molecule is COCCCOc1cc(C(=O)N(C(C)C)[C@@H]2CC[C@H](CCN(C3CC3)S(=O)(=O)Cc3ccccc3)NC2)ccc1OC. The van der Waals surface area contributed by atoms with E-state index in [1.807, 2.05) is 49.1 Å². The zero-order valence-electron chi connectivity index (χ0n) is 25.5. The molecule has 1 saturated heterocycles. The molecular formula is C32H47N3O6S. The summed E-state index contributed by atoms with van der Waals surface area (Å²) in [6.45, 7) is 6.34. The molecule has 2 aliphatic rings. The Balaban J connectivity index is 1.34. The predicted octanol–water partition coefficient (Wildman–Crippen LogP) is 4.47. The summed E-state index contributed by atoms with van der Waals surface area (Å²) in [4.78, 5) is 15.7. The minimum absolute atomic E-state index is 0.0162. The maximum absolute atomic E-state index is 13.8. The van der Waals surface area contributed by atoms with Gasteiger partial charge in [-0.05, 0) is 69.7 Å². The quantitative estimate of drug-likeness (QED) is 0.284. The average Bonchev–Trinajstić information content (AvgIpc) is 3.81. The monoisotopic (exact) mass is 601 g/mol. The van der Waals surface area contributed by atoms with Crippen LogP contribution in [0.3, 0.4) is 0 Å². The first kappa shape index (κ1) is 32.3. The second-order valence-corrected chi connectivity index (χ2v) is 13.5. The van der Waals surface area contributed by atoms with Crippen LogP contribution >= 0.6 is 0 Å². The third-order valence-electron chi connectivity index (χ3n) is 8.04. The smallest absolute Gasteiger partial charge is 0.254 e. The summed E-state index contributed by atoms with van der Waals surface area (Å²) >= 11 is 0. The lowest BCUT2D eigenvalue weighted by molar-refractivity contribution is 0.0551. The van der Waals surface area contributed by atoms with Gasteiger partial charge in [-0.25, -0.2) is 8.42 Å². The first-order chi connectivity index (χ1) is 20.2. The highest BCUT2D eigenvalue weighted by molar-refractivity contribution is 7.88. The summed E-state index contributed by atoms with van der Waals surface area (Å²) in [6, 6.07) is 15.2. The van der Waals surface area contributed by atoms with Crippen molar-refractivity contribution in [3.05, 3.63) is 59.7 Å². The summed E-state index contributed by atoms with van der Waals surface area (Å²) < 4.78 is 44.7. The number of methoxy groups -OCH3 is 2. The molecule has 1 aliphatic carbocycles. The van der Waals surface area contributed by atoms with Crippen molar-refractivity contribution < 1.29 is 27.4 Å². The summed E-state index contributed by atoms with van der Waals surface area (Å²) in [5.74, 6) is 1.15. The van der Waals surface area contributed by atoms with Crippen LogP contribution in [-0.4, -0.2) is 88.2 Å². The van der Waals surface area contributed by atoms with E-state index < -0.39 is 10.0 Å². The van der Waals surface area contributed by atoms with Crippen molar-refractivity contribution >= 4 is 15.9 Å². The lowest BCUT2D eigenvalue weighted by Gasteiger charge is -2.40. The normalized spacial score (nSPS) is 19.2. The molecule has 1 amide bonds. The Bertz CT molecular complexity index is 1240. The Morgan fingerprint density at radius 1 is 0.976 bits per heavy atom. The molecule has 10 heteroatoms. The molecule has 0 radical (unpaired) electrons.